The van der Waals surface area contributed by atoms with Gasteiger partial charge >= 0.3 is 0 Å². The van der Waals surface area contributed by atoms with Gasteiger partial charge in [0.2, 0.25) is 5.91 Å². The third-order valence-electron chi connectivity index (χ3n) is 4.69. The molecule has 3 rings (SSSR count). The fourth-order valence-corrected chi connectivity index (χ4v) is 3.07. The number of carbonyl (C=O) groups is 1. The monoisotopic (exact) mass is 373 g/mol. The van der Waals surface area contributed by atoms with Crippen LogP contribution in [0.2, 0.25) is 0 Å². The largest absolute Gasteiger partial charge is 0.493 e. The van der Waals surface area contributed by atoms with Crippen LogP contribution in [0, 0.1) is 0 Å². The van der Waals surface area contributed by atoms with E-state index in [2.05, 4.69) is 15.2 Å². The first kappa shape index (κ1) is 19.2. The molecule has 1 aliphatic heterocycles. The second kappa shape index (κ2) is 8.85. The van der Waals surface area contributed by atoms with Gasteiger partial charge in [0.05, 0.1) is 13.3 Å². The summed E-state index contributed by atoms with van der Waals surface area (Å²) in [7, 11) is 5.53. The molecule has 0 saturated carbocycles. The van der Waals surface area contributed by atoms with Crippen LogP contribution < -0.4 is 9.47 Å². The minimum atomic E-state index is 0.154. The highest BCUT2D eigenvalue weighted by Crippen LogP contribution is 2.32. The molecule has 1 aromatic heterocycles. The summed E-state index contributed by atoms with van der Waals surface area (Å²) < 4.78 is 13.3. The Morgan fingerprint density at radius 3 is 2.85 bits per heavy atom. The smallest absolute Gasteiger partial charge is 0.222 e. The van der Waals surface area contributed by atoms with E-state index in [-0.39, 0.29) is 5.91 Å². The fourth-order valence-electron chi connectivity index (χ4n) is 3.07. The fraction of sp³-hybridized carbons (Fsp3) is 0.526. The molecule has 0 atom stereocenters. The number of nitrogens with zero attached hydrogens (tertiary/aromatic N) is 5. The van der Waals surface area contributed by atoms with Crippen LogP contribution in [-0.4, -0.2) is 65.0 Å². The first-order valence-electron chi connectivity index (χ1n) is 9.17. The molecule has 146 valence electrons. The Balaban J connectivity index is 1.85. The van der Waals surface area contributed by atoms with Crippen molar-refractivity contribution in [2.24, 2.45) is 0 Å². The molecule has 2 bridgehead atoms. The minimum Gasteiger partial charge on any atom is -0.493 e. The highest BCUT2D eigenvalue weighted by molar-refractivity contribution is 5.75. The summed E-state index contributed by atoms with van der Waals surface area (Å²) in [6.07, 6.45) is 3.10. The van der Waals surface area contributed by atoms with Gasteiger partial charge in [-0.2, -0.15) is 0 Å². The van der Waals surface area contributed by atoms with Crippen molar-refractivity contribution < 1.29 is 14.3 Å². The summed E-state index contributed by atoms with van der Waals surface area (Å²) in [6.45, 7) is 3.14. The molecule has 2 heterocycles. The third kappa shape index (κ3) is 4.97. The maximum absolute atomic E-state index is 12.3. The van der Waals surface area contributed by atoms with Crippen molar-refractivity contribution >= 4 is 5.91 Å². The van der Waals surface area contributed by atoms with Crippen molar-refractivity contribution in [3.8, 4) is 11.5 Å². The normalized spacial score (nSPS) is 17.3. The number of para-hydroxylation sites is 1. The Bertz CT molecular complexity index is 776. The second-order valence-corrected chi connectivity index (χ2v) is 6.87. The highest BCUT2D eigenvalue weighted by atomic mass is 16.5. The van der Waals surface area contributed by atoms with Crippen LogP contribution in [0.3, 0.4) is 0 Å². The summed E-state index contributed by atoms with van der Waals surface area (Å²) in [4.78, 5) is 16.2. The average molecular weight is 373 g/mol. The van der Waals surface area contributed by atoms with Crippen molar-refractivity contribution in [1.29, 1.82) is 0 Å². The van der Waals surface area contributed by atoms with Gasteiger partial charge in [-0.25, -0.2) is 0 Å². The molecule has 0 unspecified atom stereocenters. The number of aromatic nitrogens is 3. The van der Waals surface area contributed by atoms with Gasteiger partial charge in [-0.3, -0.25) is 9.48 Å². The Kier molecular flexibility index (Phi) is 6.28. The second-order valence-electron chi connectivity index (χ2n) is 6.87. The predicted octanol–water partition coefficient (Wildman–Crippen LogP) is 1.55. The Hall–Kier alpha value is -2.61. The topological polar surface area (TPSA) is 72.7 Å². The molecule has 8 nitrogen and oxygen atoms in total. The number of aryl methyl sites for hydroxylation is 1. The Labute approximate surface area is 159 Å². The molecule has 1 aliphatic rings. The summed E-state index contributed by atoms with van der Waals surface area (Å²) in [6, 6.07) is 5.88. The minimum absolute atomic E-state index is 0.154. The molecule has 1 amide bonds. The van der Waals surface area contributed by atoms with Crippen LogP contribution in [0.5, 0.6) is 11.5 Å². The van der Waals surface area contributed by atoms with E-state index in [4.69, 9.17) is 9.47 Å². The molecule has 0 fully saturated rings. The van der Waals surface area contributed by atoms with Crippen LogP contribution >= 0.6 is 0 Å². The van der Waals surface area contributed by atoms with Crippen LogP contribution in [0.25, 0.3) is 0 Å². The molecule has 0 radical (unpaired) electrons. The van der Waals surface area contributed by atoms with Gasteiger partial charge < -0.3 is 19.3 Å². The molecule has 0 aliphatic carbocycles. The molecule has 0 saturated heterocycles. The van der Waals surface area contributed by atoms with E-state index in [1.807, 2.05) is 38.5 Å². The Morgan fingerprint density at radius 1 is 1.19 bits per heavy atom. The van der Waals surface area contributed by atoms with Crippen molar-refractivity contribution in [2.75, 3.05) is 34.3 Å². The quantitative estimate of drug-likeness (QED) is 0.755. The molecule has 0 spiro atoms. The molecule has 1 aromatic carbocycles. The van der Waals surface area contributed by atoms with Gasteiger partial charge in [0, 0.05) is 45.2 Å². The maximum atomic E-state index is 12.3. The number of carbonyl (C=O) groups excluding carboxylic acids is 1. The number of likely N-dealkylation sites (N-methyl/N-ethyl adjacent to an activating group) is 2. The number of methoxy groups -OCH3 is 1. The van der Waals surface area contributed by atoms with Crippen LogP contribution in [-0.2, 0) is 24.5 Å². The number of benzene rings is 1. The maximum Gasteiger partial charge on any atom is 0.222 e. The lowest BCUT2D eigenvalue weighted by molar-refractivity contribution is -0.130. The molecule has 2 aromatic rings. The number of hydrogen-bond acceptors (Lipinski definition) is 6. The molecule has 8 heteroatoms. The van der Waals surface area contributed by atoms with Crippen molar-refractivity contribution in [2.45, 2.75) is 32.5 Å². The summed E-state index contributed by atoms with van der Waals surface area (Å²) >= 11 is 0. The zero-order valence-corrected chi connectivity index (χ0v) is 16.2. The number of amides is 1. The van der Waals surface area contributed by atoms with E-state index in [9.17, 15) is 4.79 Å². The summed E-state index contributed by atoms with van der Waals surface area (Å²) in [5.41, 5.74) is 1.78. The highest BCUT2D eigenvalue weighted by Gasteiger charge is 2.16. The van der Waals surface area contributed by atoms with E-state index in [0.717, 1.165) is 30.0 Å². The number of ether oxygens (including phenoxy) is 2. The van der Waals surface area contributed by atoms with Crippen LogP contribution in [0.1, 0.15) is 24.1 Å². The lowest BCUT2D eigenvalue weighted by Crippen LogP contribution is -2.34. The predicted molar refractivity (Wildman–Crippen MR) is 101 cm³/mol. The first-order valence-corrected chi connectivity index (χ1v) is 9.17. The van der Waals surface area contributed by atoms with E-state index >= 15 is 0 Å². The lowest BCUT2D eigenvalue weighted by Gasteiger charge is -2.23. The molecular formula is C19H27N5O3. The standard InChI is InChI=1S/C19H27N5O3/c1-22-10-11-23(2)18(25)8-5-9-24-13-16(20-21-24)14-27-19-15(12-22)6-4-7-17(19)26-3/h4,6-7,13H,5,8-12,14H2,1-3H3. The van der Waals surface area contributed by atoms with Crippen molar-refractivity contribution in [3.63, 3.8) is 0 Å². The van der Waals surface area contributed by atoms with Crippen LogP contribution in [0.15, 0.2) is 24.4 Å². The Morgan fingerprint density at radius 2 is 2.04 bits per heavy atom. The lowest BCUT2D eigenvalue weighted by atomic mass is 10.1. The first-order chi connectivity index (χ1) is 13.1. The van der Waals surface area contributed by atoms with Gasteiger partial charge in [0.1, 0.15) is 12.3 Å². The number of fused-ring (bicyclic) bond motifs is 3. The molecule has 27 heavy (non-hydrogen) atoms. The van der Waals surface area contributed by atoms with Crippen molar-refractivity contribution in [1.82, 2.24) is 24.8 Å². The SMILES string of the molecule is COc1cccc2c1OCc1cn(nn1)CCCC(=O)N(C)CCN(C)C2. The van der Waals surface area contributed by atoms with Crippen LogP contribution in [0.4, 0.5) is 0 Å². The van der Waals surface area contributed by atoms with E-state index in [0.29, 0.717) is 38.4 Å². The summed E-state index contributed by atoms with van der Waals surface area (Å²) in [5.74, 6) is 1.57. The average Bonchev–Trinajstić information content (AvgIpc) is 3.11. The van der Waals surface area contributed by atoms with Gasteiger partial charge in [0.15, 0.2) is 11.5 Å². The van der Waals surface area contributed by atoms with E-state index in [1.54, 1.807) is 16.7 Å². The van der Waals surface area contributed by atoms with Gasteiger partial charge in [-0.05, 0) is 19.5 Å². The zero-order chi connectivity index (χ0) is 19.2. The third-order valence-corrected chi connectivity index (χ3v) is 4.69. The molecular weight excluding hydrogens is 346 g/mol. The zero-order valence-electron chi connectivity index (χ0n) is 16.2. The van der Waals surface area contributed by atoms with Gasteiger partial charge in [0.25, 0.3) is 0 Å². The summed E-state index contributed by atoms with van der Waals surface area (Å²) in [5, 5.41) is 8.29. The van der Waals surface area contributed by atoms with E-state index in [1.165, 1.54) is 0 Å². The van der Waals surface area contributed by atoms with E-state index < -0.39 is 0 Å². The number of hydrogen-bond donors (Lipinski definition) is 0. The number of rotatable bonds is 1. The van der Waals surface area contributed by atoms with Crippen molar-refractivity contribution in [3.05, 3.63) is 35.7 Å². The molecule has 0 N–H and O–H groups in total. The van der Waals surface area contributed by atoms with Gasteiger partial charge in [-0.15, -0.1) is 5.10 Å². The van der Waals surface area contributed by atoms with Gasteiger partial charge in [-0.1, -0.05) is 17.3 Å².